The van der Waals surface area contributed by atoms with Crippen molar-refractivity contribution < 1.29 is 4.39 Å². The third kappa shape index (κ3) is 4.52. The Morgan fingerprint density at radius 1 is 1.04 bits per heavy atom. The van der Waals surface area contributed by atoms with E-state index in [0.29, 0.717) is 30.3 Å². The first-order valence-electron chi connectivity index (χ1n) is 7.53. The van der Waals surface area contributed by atoms with Crippen LogP contribution in [0.15, 0.2) is 65.3 Å². The van der Waals surface area contributed by atoms with Crippen molar-refractivity contribution >= 4 is 33.4 Å². The van der Waals surface area contributed by atoms with Crippen LogP contribution in [0.2, 0.25) is 0 Å². The van der Waals surface area contributed by atoms with E-state index in [1.54, 1.807) is 24.4 Å². The van der Waals surface area contributed by atoms with Crippen LogP contribution in [-0.2, 0) is 6.42 Å². The first-order chi connectivity index (χ1) is 11.7. The molecule has 3 aromatic rings. The minimum Gasteiger partial charge on any atom is -0.370 e. The van der Waals surface area contributed by atoms with Crippen molar-refractivity contribution in [1.82, 2.24) is 9.97 Å². The molecular formula is C18H16BrFN4. The molecule has 24 heavy (non-hydrogen) atoms. The predicted molar refractivity (Wildman–Crippen MR) is 98.1 cm³/mol. The number of benzene rings is 2. The van der Waals surface area contributed by atoms with Crippen LogP contribution in [0.1, 0.15) is 5.56 Å². The lowest BCUT2D eigenvalue weighted by atomic mass is 10.1. The van der Waals surface area contributed by atoms with Crippen molar-refractivity contribution in [3.63, 3.8) is 0 Å². The van der Waals surface area contributed by atoms with E-state index in [1.807, 2.05) is 30.3 Å². The zero-order valence-electron chi connectivity index (χ0n) is 12.8. The summed E-state index contributed by atoms with van der Waals surface area (Å²) in [5.74, 6) is 1.02. The summed E-state index contributed by atoms with van der Waals surface area (Å²) in [4.78, 5) is 8.62. The summed E-state index contributed by atoms with van der Waals surface area (Å²) >= 11 is 3.43. The van der Waals surface area contributed by atoms with Crippen LogP contribution in [0.3, 0.4) is 0 Å². The second kappa shape index (κ2) is 7.88. The molecule has 3 rings (SSSR count). The standard InChI is InChI=1S/C18H16BrFN4/c19-14-5-3-6-15(12-14)23-18-22-11-9-17(24-18)21-10-8-13-4-1-2-7-16(13)20/h1-7,9,11-12H,8,10H2,(H2,21,22,23,24). The molecule has 0 spiro atoms. The van der Waals surface area contributed by atoms with Crippen molar-refractivity contribution in [2.45, 2.75) is 6.42 Å². The molecule has 0 radical (unpaired) electrons. The maximum absolute atomic E-state index is 13.6. The maximum Gasteiger partial charge on any atom is 0.229 e. The molecule has 0 fully saturated rings. The second-order valence-corrected chi connectivity index (χ2v) is 6.08. The van der Waals surface area contributed by atoms with Crippen molar-refractivity contribution in [2.24, 2.45) is 0 Å². The fraction of sp³-hybridized carbons (Fsp3) is 0.111. The molecule has 0 saturated heterocycles. The molecule has 1 aromatic heterocycles. The normalized spacial score (nSPS) is 10.4. The zero-order valence-corrected chi connectivity index (χ0v) is 14.4. The van der Waals surface area contributed by atoms with E-state index in [0.717, 1.165) is 10.2 Å². The van der Waals surface area contributed by atoms with E-state index in [9.17, 15) is 4.39 Å². The molecule has 122 valence electrons. The van der Waals surface area contributed by atoms with Gasteiger partial charge in [0.1, 0.15) is 11.6 Å². The Kier molecular flexibility index (Phi) is 5.38. The maximum atomic E-state index is 13.6. The number of anilines is 3. The Morgan fingerprint density at radius 2 is 1.92 bits per heavy atom. The molecule has 0 unspecified atom stereocenters. The Balaban J connectivity index is 1.60. The van der Waals surface area contributed by atoms with Gasteiger partial charge in [0.05, 0.1) is 0 Å². The first-order valence-corrected chi connectivity index (χ1v) is 8.33. The average molecular weight is 387 g/mol. The third-order valence-corrected chi connectivity index (χ3v) is 3.89. The van der Waals surface area contributed by atoms with Crippen molar-refractivity contribution in [2.75, 3.05) is 17.2 Å². The van der Waals surface area contributed by atoms with Gasteiger partial charge in [-0.1, -0.05) is 40.2 Å². The summed E-state index contributed by atoms with van der Waals surface area (Å²) < 4.78 is 14.6. The van der Waals surface area contributed by atoms with Crippen LogP contribution in [0.4, 0.5) is 21.8 Å². The molecule has 0 atom stereocenters. The van der Waals surface area contributed by atoms with E-state index in [1.165, 1.54) is 6.07 Å². The van der Waals surface area contributed by atoms with Crippen LogP contribution >= 0.6 is 15.9 Å². The zero-order chi connectivity index (χ0) is 16.8. The second-order valence-electron chi connectivity index (χ2n) is 5.17. The average Bonchev–Trinajstić information content (AvgIpc) is 2.57. The fourth-order valence-electron chi connectivity index (χ4n) is 2.24. The van der Waals surface area contributed by atoms with Crippen molar-refractivity contribution in [3.05, 3.63) is 76.6 Å². The number of halogens is 2. The molecule has 0 bridgehead atoms. The first kappa shape index (κ1) is 16.4. The van der Waals surface area contributed by atoms with Crippen LogP contribution in [0, 0.1) is 5.82 Å². The van der Waals surface area contributed by atoms with Crippen molar-refractivity contribution in [3.8, 4) is 0 Å². The highest BCUT2D eigenvalue weighted by molar-refractivity contribution is 9.10. The van der Waals surface area contributed by atoms with Gasteiger partial charge in [-0.2, -0.15) is 4.98 Å². The summed E-state index contributed by atoms with van der Waals surface area (Å²) in [5.41, 5.74) is 1.58. The molecule has 0 aliphatic carbocycles. The topological polar surface area (TPSA) is 49.8 Å². The lowest BCUT2D eigenvalue weighted by molar-refractivity contribution is 0.610. The summed E-state index contributed by atoms with van der Waals surface area (Å²) in [6, 6.07) is 16.3. The van der Waals surface area contributed by atoms with Gasteiger partial charge in [0.15, 0.2) is 0 Å². The number of nitrogens with one attached hydrogen (secondary N) is 2. The van der Waals surface area contributed by atoms with Gasteiger partial charge in [0, 0.05) is 22.9 Å². The third-order valence-electron chi connectivity index (χ3n) is 3.39. The van der Waals surface area contributed by atoms with Gasteiger partial charge in [-0.15, -0.1) is 0 Å². The van der Waals surface area contributed by atoms with E-state index in [2.05, 4.69) is 36.5 Å². The molecule has 4 nitrogen and oxygen atoms in total. The van der Waals surface area contributed by atoms with Crippen LogP contribution in [0.5, 0.6) is 0 Å². The van der Waals surface area contributed by atoms with E-state index in [4.69, 9.17) is 0 Å². The van der Waals surface area contributed by atoms with Gasteiger partial charge in [-0.05, 0) is 42.3 Å². The quantitative estimate of drug-likeness (QED) is 0.640. The molecule has 0 aliphatic heterocycles. The number of nitrogens with zero attached hydrogens (tertiary/aromatic N) is 2. The van der Waals surface area contributed by atoms with Crippen molar-refractivity contribution in [1.29, 1.82) is 0 Å². The van der Waals surface area contributed by atoms with E-state index in [-0.39, 0.29) is 5.82 Å². The molecule has 0 saturated carbocycles. The minimum atomic E-state index is -0.181. The lowest BCUT2D eigenvalue weighted by Gasteiger charge is -2.09. The molecule has 0 aliphatic rings. The van der Waals surface area contributed by atoms with Crippen LogP contribution < -0.4 is 10.6 Å². The summed E-state index contributed by atoms with van der Waals surface area (Å²) in [5, 5.41) is 6.34. The highest BCUT2D eigenvalue weighted by atomic mass is 79.9. The van der Waals surface area contributed by atoms with Gasteiger partial charge in [0.25, 0.3) is 0 Å². The molecule has 2 N–H and O–H groups in total. The Bertz CT molecular complexity index is 825. The Morgan fingerprint density at radius 3 is 2.75 bits per heavy atom. The van der Waals surface area contributed by atoms with Gasteiger partial charge in [0.2, 0.25) is 5.95 Å². The van der Waals surface area contributed by atoms with Gasteiger partial charge >= 0.3 is 0 Å². The highest BCUT2D eigenvalue weighted by Crippen LogP contribution is 2.19. The predicted octanol–water partition coefficient (Wildman–Crippen LogP) is 4.78. The largest absolute Gasteiger partial charge is 0.370 e. The van der Waals surface area contributed by atoms with Gasteiger partial charge < -0.3 is 10.6 Å². The fourth-order valence-corrected chi connectivity index (χ4v) is 2.64. The number of hydrogen-bond donors (Lipinski definition) is 2. The molecular weight excluding hydrogens is 371 g/mol. The molecule has 6 heteroatoms. The molecule has 2 aromatic carbocycles. The Labute approximate surface area is 148 Å². The van der Waals surface area contributed by atoms with Gasteiger partial charge in [-0.3, -0.25) is 0 Å². The molecule has 0 amide bonds. The number of aromatic nitrogens is 2. The van der Waals surface area contributed by atoms with Gasteiger partial charge in [-0.25, -0.2) is 9.37 Å². The monoisotopic (exact) mass is 386 g/mol. The highest BCUT2D eigenvalue weighted by Gasteiger charge is 2.03. The summed E-state index contributed by atoms with van der Waals surface area (Å²) in [7, 11) is 0. The minimum absolute atomic E-state index is 0.181. The molecule has 1 heterocycles. The smallest absolute Gasteiger partial charge is 0.229 e. The Hall–Kier alpha value is -2.47. The van der Waals surface area contributed by atoms with Crippen LogP contribution in [-0.4, -0.2) is 16.5 Å². The lowest BCUT2D eigenvalue weighted by Crippen LogP contribution is -2.08. The van der Waals surface area contributed by atoms with E-state index >= 15 is 0 Å². The van der Waals surface area contributed by atoms with E-state index < -0.39 is 0 Å². The van der Waals surface area contributed by atoms with Crippen LogP contribution in [0.25, 0.3) is 0 Å². The number of rotatable bonds is 6. The number of hydrogen-bond acceptors (Lipinski definition) is 4. The summed E-state index contributed by atoms with van der Waals surface area (Å²) in [6.07, 6.45) is 2.27. The summed E-state index contributed by atoms with van der Waals surface area (Å²) in [6.45, 7) is 0.592. The SMILES string of the molecule is Fc1ccccc1CCNc1ccnc(Nc2cccc(Br)c2)n1.